The second kappa shape index (κ2) is 7.05. The molecule has 0 bridgehead atoms. The first-order chi connectivity index (χ1) is 13.8. The molecular weight excluding hydrogens is 392 g/mol. The molecule has 0 aliphatic carbocycles. The molecule has 3 aromatic rings. The van der Waals surface area contributed by atoms with Crippen LogP contribution in [0.15, 0.2) is 24.3 Å². The van der Waals surface area contributed by atoms with Crippen molar-refractivity contribution in [1.82, 2.24) is 19.6 Å². The van der Waals surface area contributed by atoms with E-state index in [2.05, 4.69) is 15.1 Å². The van der Waals surface area contributed by atoms with Gasteiger partial charge < -0.3 is 14.5 Å². The maximum Gasteiger partial charge on any atom is 0.453 e. The van der Waals surface area contributed by atoms with E-state index in [4.69, 9.17) is 4.74 Å². The van der Waals surface area contributed by atoms with E-state index in [0.29, 0.717) is 43.4 Å². The van der Waals surface area contributed by atoms with E-state index < -0.39 is 12.0 Å². The minimum absolute atomic E-state index is 0.0880. The summed E-state index contributed by atoms with van der Waals surface area (Å²) in [7, 11) is 1.48. The van der Waals surface area contributed by atoms with Gasteiger partial charge in [-0.2, -0.15) is 22.7 Å². The van der Waals surface area contributed by atoms with Gasteiger partial charge in [0.25, 0.3) is 11.6 Å². The number of methoxy groups -OCH3 is 1. The molecule has 3 heterocycles. The Hall–Kier alpha value is -3.11. The van der Waals surface area contributed by atoms with Crippen molar-refractivity contribution < 1.29 is 22.3 Å². The van der Waals surface area contributed by atoms with Crippen LogP contribution < -0.4 is 14.5 Å². The summed E-state index contributed by atoms with van der Waals surface area (Å²) in [6.45, 7) is 3.91. The van der Waals surface area contributed by atoms with Crippen LogP contribution in [0.1, 0.15) is 11.5 Å². The Morgan fingerprint density at radius 2 is 1.69 bits per heavy atom. The number of rotatable bonds is 3. The molecule has 1 fully saturated rings. The standard InChI is InChI=1S/C18H18F4N6O/c1-11-9-15(28-17(23-11)24-16(25-28)18(20,21)22)27-7-5-26(6-8-27)13-4-3-12(19)10-14(13)29-2/h3-4,9-10H,5-8H2,1-2H3. The zero-order chi connectivity index (χ0) is 20.8. The molecule has 0 amide bonds. The Kier molecular flexibility index (Phi) is 4.67. The molecule has 0 N–H and O–H groups in total. The summed E-state index contributed by atoms with van der Waals surface area (Å²) in [4.78, 5) is 11.6. The largest absolute Gasteiger partial charge is 0.494 e. The van der Waals surface area contributed by atoms with Gasteiger partial charge in [-0.15, -0.1) is 5.10 Å². The van der Waals surface area contributed by atoms with Crippen molar-refractivity contribution in [2.45, 2.75) is 13.1 Å². The Labute approximate surface area is 163 Å². The van der Waals surface area contributed by atoms with Crippen molar-refractivity contribution >= 4 is 17.3 Å². The SMILES string of the molecule is COc1cc(F)ccc1N1CCN(c2cc(C)nc3nc(C(F)(F)F)nn23)CC1. The summed E-state index contributed by atoms with van der Waals surface area (Å²) in [6.07, 6.45) is -4.64. The number of hydrogen-bond donors (Lipinski definition) is 0. The molecule has 1 saturated heterocycles. The highest BCUT2D eigenvalue weighted by atomic mass is 19.4. The molecule has 0 radical (unpaired) electrons. The predicted molar refractivity (Wildman–Crippen MR) is 97.9 cm³/mol. The smallest absolute Gasteiger partial charge is 0.453 e. The van der Waals surface area contributed by atoms with E-state index >= 15 is 0 Å². The van der Waals surface area contributed by atoms with E-state index in [1.165, 1.54) is 19.2 Å². The van der Waals surface area contributed by atoms with Crippen molar-refractivity contribution in [2.24, 2.45) is 0 Å². The lowest BCUT2D eigenvalue weighted by Crippen LogP contribution is -2.47. The quantitative estimate of drug-likeness (QED) is 0.619. The number of halogens is 4. The van der Waals surface area contributed by atoms with Gasteiger partial charge in [0.05, 0.1) is 12.8 Å². The maximum atomic E-state index is 13.4. The molecule has 154 valence electrons. The Morgan fingerprint density at radius 1 is 1.00 bits per heavy atom. The summed E-state index contributed by atoms with van der Waals surface area (Å²) in [5, 5.41) is 3.62. The van der Waals surface area contributed by atoms with Gasteiger partial charge in [0.15, 0.2) is 0 Å². The lowest BCUT2D eigenvalue weighted by molar-refractivity contribution is -0.144. The van der Waals surface area contributed by atoms with Crippen LogP contribution in [0.3, 0.4) is 0 Å². The van der Waals surface area contributed by atoms with Gasteiger partial charge in [0, 0.05) is 44.0 Å². The van der Waals surface area contributed by atoms with E-state index in [1.54, 1.807) is 19.1 Å². The molecule has 1 aliphatic rings. The number of anilines is 2. The van der Waals surface area contributed by atoms with Crippen molar-refractivity contribution in [3.05, 3.63) is 41.6 Å². The van der Waals surface area contributed by atoms with Gasteiger partial charge in [0.2, 0.25) is 0 Å². The van der Waals surface area contributed by atoms with E-state index in [-0.39, 0.29) is 11.6 Å². The Balaban J connectivity index is 1.60. The highest BCUT2D eigenvalue weighted by Gasteiger charge is 2.37. The molecule has 0 spiro atoms. The number of ether oxygens (including phenoxy) is 1. The molecule has 29 heavy (non-hydrogen) atoms. The third-order valence-corrected chi connectivity index (χ3v) is 4.76. The highest BCUT2D eigenvalue weighted by molar-refractivity contribution is 5.60. The molecule has 1 aliphatic heterocycles. The molecule has 7 nitrogen and oxygen atoms in total. The zero-order valence-corrected chi connectivity index (χ0v) is 15.7. The predicted octanol–water partition coefficient (Wildman–Crippen LogP) is 2.93. The summed E-state index contributed by atoms with van der Waals surface area (Å²) >= 11 is 0. The topological polar surface area (TPSA) is 58.8 Å². The summed E-state index contributed by atoms with van der Waals surface area (Å²) < 4.78 is 58.9. The first-order valence-corrected chi connectivity index (χ1v) is 8.91. The number of benzene rings is 1. The van der Waals surface area contributed by atoms with Gasteiger partial charge >= 0.3 is 6.18 Å². The number of fused-ring (bicyclic) bond motifs is 1. The van der Waals surface area contributed by atoms with Crippen LogP contribution >= 0.6 is 0 Å². The summed E-state index contributed by atoms with van der Waals surface area (Å²) in [6, 6.07) is 6.04. The van der Waals surface area contributed by atoms with Crippen molar-refractivity contribution in [3.8, 4) is 5.75 Å². The van der Waals surface area contributed by atoms with Crippen molar-refractivity contribution in [3.63, 3.8) is 0 Å². The zero-order valence-electron chi connectivity index (χ0n) is 15.7. The van der Waals surface area contributed by atoms with Gasteiger partial charge in [-0.05, 0) is 19.1 Å². The van der Waals surface area contributed by atoms with E-state index in [0.717, 1.165) is 10.2 Å². The average Bonchev–Trinajstić information content (AvgIpc) is 3.12. The van der Waals surface area contributed by atoms with E-state index in [1.807, 2.05) is 9.80 Å². The van der Waals surface area contributed by atoms with Crippen molar-refractivity contribution in [1.29, 1.82) is 0 Å². The summed E-state index contributed by atoms with van der Waals surface area (Å²) in [5.74, 6) is -0.750. The third kappa shape index (κ3) is 3.64. The molecule has 1 aromatic carbocycles. The monoisotopic (exact) mass is 410 g/mol. The molecule has 2 aromatic heterocycles. The van der Waals surface area contributed by atoms with Crippen LogP contribution in [-0.2, 0) is 6.18 Å². The summed E-state index contributed by atoms with van der Waals surface area (Å²) in [5.41, 5.74) is 1.32. The van der Waals surface area contributed by atoms with Crippen LogP contribution in [-0.4, -0.2) is 52.9 Å². The van der Waals surface area contributed by atoms with Crippen LogP contribution in [0.25, 0.3) is 5.78 Å². The Morgan fingerprint density at radius 3 is 2.34 bits per heavy atom. The van der Waals surface area contributed by atoms with Gasteiger partial charge in [-0.1, -0.05) is 0 Å². The fraction of sp³-hybridized carbons (Fsp3) is 0.389. The number of piperazine rings is 1. The second-order valence-corrected chi connectivity index (χ2v) is 6.69. The lowest BCUT2D eigenvalue weighted by atomic mass is 10.2. The number of aromatic nitrogens is 4. The molecule has 4 rings (SSSR count). The fourth-order valence-electron chi connectivity index (χ4n) is 3.40. The minimum Gasteiger partial charge on any atom is -0.494 e. The number of nitrogens with zero attached hydrogens (tertiary/aromatic N) is 6. The Bertz CT molecular complexity index is 1040. The van der Waals surface area contributed by atoms with Crippen LogP contribution in [0.5, 0.6) is 5.75 Å². The highest BCUT2D eigenvalue weighted by Crippen LogP contribution is 2.31. The van der Waals surface area contributed by atoms with Gasteiger partial charge in [-0.3, -0.25) is 0 Å². The van der Waals surface area contributed by atoms with Crippen molar-refractivity contribution in [2.75, 3.05) is 43.1 Å². The van der Waals surface area contributed by atoms with Crippen LogP contribution in [0.2, 0.25) is 0 Å². The lowest BCUT2D eigenvalue weighted by Gasteiger charge is -2.37. The third-order valence-electron chi connectivity index (χ3n) is 4.76. The number of hydrogen-bond acceptors (Lipinski definition) is 6. The second-order valence-electron chi connectivity index (χ2n) is 6.69. The fourth-order valence-corrected chi connectivity index (χ4v) is 3.40. The molecular formula is C18H18F4N6O. The maximum absolute atomic E-state index is 13.4. The number of alkyl halides is 3. The van der Waals surface area contributed by atoms with Gasteiger partial charge in [0.1, 0.15) is 17.4 Å². The first-order valence-electron chi connectivity index (χ1n) is 8.91. The average molecular weight is 410 g/mol. The number of aryl methyl sites for hydroxylation is 1. The molecule has 0 saturated carbocycles. The van der Waals surface area contributed by atoms with Crippen LogP contribution in [0, 0.1) is 12.7 Å². The first kappa shape index (κ1) is 19.2. The minimum atomic E-state index is -4.64. The molecule has 0 unspecified atom stereocenters. The molecule has 0 atom stereocenters. The molecule has 11 heteroatoms. The van der Waals surface area contributed by atoms with Crippen LogP contribution in [0.4, 0.5) is 29.1 Å². The normalized spacial score (nSPS) is 15.2. The van der Waals surface area contributed by atoms with E-state index in [9.17, 15) is 17.6 Å². The van der Waals surface area contributed by atoms with Gasteiger partial charge in [-0.25, -0.2) is 9.37 Å².